The highest BCUT2D eigenvalue weighted by molar-refractivity contribution is 7.98. The van der Waals surface area contributed by atoms with E-state index in [4.69, 9.17) is 9.47 Å². The Bertz CT molecular complexity index is 865. The Hall–Kier alpha value is -2.80. The van der Waals surface area contributed by atoms with Crippen LogP contribution in [-0.2, 0) is 5.75 Å². The van der Waals surface area contributed by atoms with Crippen molar-refractivity contribution in [3.8, 4) is 11.5 Å². The molecule has 0 atom stereocenters. The van der Waals surface area contributed by atoms with Crippen LogP contribution in [0, 0.1) is 0 Å². The Balaban J connectivity index is 1.70. The van der Waals surface area contributed by atoms with Gasteiger partial charge in [0.2, 0.25) is 5.16 Å². The molecule has 7 heteroatoms. The van der Waals surface area contributed by atoms with Crippen molar-refractivity contribution in [1.82, 2.24) is 14.9 Å². The van der Waals surface area contributed by atoms with Crippen LogP contribution in [0.3, 0.4) is 0 Å². The van der Waals surface area contributed by atoms with E-state index in [9.17, 15) is 0 Å². The summed E-state index contributed by atoms with van der Waals surface area (Å²) in [5.74, 6) is 2.21. The molecule has 0 saturated heterocycles. The lowest BCUT2D eigenvalue weighted by Gasteiger charge is -2.09. The second kappa shape index (κ2) is 9.05. The zero-order valence-corrected chi connectivity index (χ0v) is 15.5. The van der Waals surface area contributed by atoms with E-state index in [1.165, 1.54) is 5.56 Å². The third-order valence-electron chi connectivity index (χ3n) is 3.53. The summed E-state index contributed by atoms with van der Waals surface area (Å²) in [5.41, 5.74) is 2.13. The summed E-state index contributed by atoms with van der Waals surface area (Å²) in [6.45, 7) is 2.53. The number of methoxy groups -OCH3 is 1. The normalized spacial score (nSPS) is 11.0. The van der Waals surface area contributed by atoms with Crippen molar-refractivity contribution in [2.75, 3.05) is 13.7 Å². The summed E-state index contributed by atoms with van der Waals surface area (Å²) in [5, 5.41) is 13.3. The Morgan fingerprint density at radius 2 is 2.00 bits per heavy atom. The highest BCUT2D eigenvalue weighted by Gasteiger charge is 2.06. The van der Waals surface area contributed by atoms with E-state index in [-0.39, 0.29) is 0 Å². The van der Waals surface area contributed by atoms with Gasteiger partial charge in [-0.15, -0.1) is 10.2 Å². The van der Waals surface area contributed by atoms with Crippen LogP contribution in [0.4, 0.5) is 0 Å². The summed E-state index contributed by atoms with van der Waals surface area (Å²) in [4.78, 5) is 0. The molecule has 1 heterocycles. The number of ether oxygens (including phenoxy) is 2. The maximum atomic E-state index is 5.53. The molecule has 0 aliphatic carbocycles. The summed E-state index contributed by atoms with van der Waals surface area (Å²) < 4.78 is 12.6. The molecular weight excluding hydrogens is 348 g/mol. The first kappa shape index (κ1) is 18.0. The Kier molecular flexibility index (Phi) is 6.27. The van der Waals surface area contributed by atoms with Gasteiger partial charge in [0.05, 0.1) is 19.9 Å². The molecule has 3 aromatic rings. The van der Waals surface area contributed by atoms with Crippen LogP contribution in [0.5, 0.6) is 11.5 Å². The molecule has 1 aromatic heterocycles. The van der Waals surface area contributed by atoms with Gasteiger partial charge in [0, 0.05) is 5.75 Å². The summed E-state index contributed by atoms with van der Waals surface area (Å²) in [6, 6.07) is 15.9. The average molecular weight is 368 g/mol. The van der Waals surface area contributed by atoms with Crippen LogP contribution in [0.15, 0.2) is 65.1 Å². The molecule has 6 nitrogen and oxygen atoms in total. The number of nitrogens with zero attached hydrogens (tertiary/aromatic N) is 4. The highest BCUT2D eigenvalue weighted by atomic mass is 32.2. The summed E-state index contributed by atoms with van der Waals surface area (Å²) >= 11 is 1.59. The number of aromatic nitrogens is 3. The van der Waals surface area contributed by atoms with Crippen LogP contribution in [0.1, 0.15) is 18.1 Å². The largest absolute Gasteiger partial charge is 0.493 e. The van der Waals surface area contributed by atoms with Gasteiger partial charge in [0.15, 0.2) is 11.5 Å². The lowest BCUT2D eigenvalue weighted by Crippen LogP contribution is -1.97. The van der Waals surface area contributed by atoms with E-state index in [1.54, 1.807) is 36.1 Å². The molecule has 0 fully saturated rings. The quantitative estimate of drug-likeness (QED) is 0.446. The average Bonchev–Trinajstić information content (AvgIpc) is 3.14. The Morgan fingerprint density at radius 1 is 1.15 bits per heavy atom. The van der Waals surface area contributed by atoms with Crippen LogP contribution in [-0.4, -0.2) is 34.8 Å². The number of benzene rings is 2. The fourth-order valence-electron chi connectivity index (χ4n) is 2.28. The SMILES string of the molecule is CCOc1ccc(/C=N\n2cnnc2SCc2ccccc2)cc1OC. The van der Waals surface area contributed by atoms with Gasteiger partial charge in [-0.1, -0.05) is 42.1 Å². The Labute approximate surface area is 156 Å². The highest BCUT2D eigenvalue weighted by Crippen LogP contribution is 2.27. The van der Waals surface area contributed by atoms with E-state index in [1.807, 2.05) is 43.3 Å². The fourth-order valence-corrected chi connectivity index (χ4v) is 3.10. The monoisotopic (exact) mass is 368 g/mol. The first-order chi connectivity index (χ1) is 12.8. The van der Waals surface area contributed by atoms with Crippen molar-refractivity contribution in [2.45, 2.75) is 17.8 Å². The molecule has 0 radical (unpaired) electrons. The van der Waals surface area contributed by atoms with Gasteiger partial charge >= 0.3 is 0 Å². The molecule has 0 N–H and O–H groups in total. The van der Waals surface area contributed by atoms with Gasteiger partial charge < -0.3 is 9.47 Å². The van der Waals surface area contributed by atoms with E-state index in [0.717, 1.165) is 22.2 Å². The molecule has 134 valence electrons. The maximum absolute atomic E-state index is 5.53. The predicted molar refractivity (Wildman–Crippen MR) is 103 cm³/mol. The van der Waals surface area contributed by atoms with Crippen LogP contribution in [0.25, 0.3) is 0 Å². The summed E-state index contributed by atoms with van der Waals surface area (Å²) in [6.07, 6.45) is 3.34. The lowest BCUT2D eigenvalue weighted by atomic mass is 10.2. The van der Waals surface area contributed by atoms with Crippen LogP contribution >= 0.6 is 11.8 Å². The Morgan fingerprint density at radius 3 is 2.77 bits per heavy atom. The number of hydrogen-bond donors (Lipinski definition) is 0. The standard InChI is InChI=1S/C19H20N4O2S/c1-3-25-17-10-9-16(11-18(17)24-2)12-21-23-14-20-22-19(23)26-13-15-7-5-4-6-8-15/h4-12,14H,3,13H2,1-2H3/b21-12-. The van der Waals surface area contributed by atoms with Crippen molar-refractivity contribution in [3.63, 3.8) is 0 Å². The van der Waals surface area contributed by atoms with Crippen molar-refractivity contribution in [1.29, 1.82) is 0 Å². The maximum Gasteiger partial charge on any atom is 0.212 e. The molecule has 26 heavy (non-hydrogen) atoms. The van der Waals surface area contributed by atoms with Crippen molar-refractivity contribution >= 4 is 18.0 Å². The predicted octanol–water partition coefficient (Wildman–Crippen LogP) is 3.86. The van der Waals surface area contributed by atoms with Crippen molar-refractivity contribution in [3.05, 3.63) is 66.0 Å². The van der Waals surface area contributed by atoms with Gasteiger partial charge in [-0.2, -0.15) is 9.78 Å². The van der Waals surface area contributed by atoms with Gasteiger partial charge in [-0.3, -0.25) is 0 Å². The minimum atomic E-state index is 0.590. The molecule has 2 aromatic carbocycles. The molecular formula is C19H20N4O2S. The number of hydrogen-bond acceptors (Lipinski definition) is 6. The zero-order chi connectivity index (χ0) is 18.2. The van der Waals surface area contributed by atoms with Crippen molar-refractivity contribution < 1.29 is 9.47 Å². The third kappa shape index (κ3) is 4.64. The molecule has 0 saturated carbocycles. The minimum Gasteiger partial charge on any atom is -0.493 e. The molecule has 0 unspecified atom stereocenters. The van der Waals surface area contributed by atoms with E-state index < -0.39 is 0 Å². The fraction of sp³-hybridized carbons (Fsp3) is 0.211. The van der Waals surface area contributed by atoms with E-state index in [2.05, 4.69) is 27.4 Å². The second-order valence-electron chi connectivity index (χ2n) is 5.32. The molecule has 0 aliphatic heterocycles. The topological polar surface area (TPSA) is 61.5 Å². The molecule has 0 spiro atoms. The molecule has 0 bridgehead atoms. The second-order valence-corrected chi connectivity index (χ2v) is 6.26. The van der Waals surface area contributed by atoms with Gasteiger partial charge in [-0.05, 0) is 36.2 Å². The van der Waals surface area contributed by atoms with E-state index >= 15 is 0 Å². The van der Waals surface area contributed by atoms with Crippen LogP contribution in [0.2, 0.25) is 0 Å². The van der Waals surface area contributed by atoms with Crippen molar-refractivity contribution in [2.24, 2.45) is 5.10 Å². The number of rotatable bonds is 8. The van der Waals surface area contributed by atoms with Gasteiger partial charge in [0.25, 0.3) is 0 Å². The smallest absolute Gasteiger partial charge is 0.212 e. The zero-order valence-electron chi connectivity index (χ0n) is 14.7. The molecule has 3 rings (SSSR count). The third-order valence-corrected chi connectivity index (χ3v) is 4.53. The van der Waals surface area contributed by atoms with E-state index in [0.29, 0.717) is 12.4 Å². The van der Waals surface area contributed by atoms with Crippen LogP contribution < -0.4 is 9.47 Å². The molecule has 0 amide bonds. The molecule has 0 aliphatic rings. The van der Waals surface area contributed by atoms with Gasteiger partial charge in [0.1, 0.15) is 6.33 Å². The van der Waals surface area contributed by atoms with Gasteiger partial charge in [-0.25, -0.2) is 0 Å². The lowest BCUT2D eigenvalue weighted by molar-refractivity contribution is 0.311. The minimum absolute atomic E-state index is 0.590. The summed E-state index contributed by atoms with van der Waals surface area (Å²) in [7, 11) is 1.62. The first-order valence-electron chi connectivity index (χ1n) is 8.22. The number of thioether (sulfide) groups is 1. The first-order valence-corrected chi connectivity index (χ1v) is 9.20.